The van der Waals surface area contributed by atoms with Crippen LogP contribution in [0.3, 0.4) is 0 Å². The highest BCUT2D eigenvalue weighted by Crippen LogP contribution is 2.38. The maximum atomic E-state index is 2.34. The lowest BCUT2D eigenvalue weighted by Gasteiger charge is -2.13. The molecule has 0 N–H and O–H groups in total. The van der Waals surface area contributed by atoms with Crippen LogP contribution in [-0.4, -0.2) is 0 Å². The highest BCUT2D eigenvalue weighted by Gasteiger charge is 2.11. The van der Waals surface area contributed by atoms with Gasteiger partial charge in [-0.05, 0) is 111 Å². The molecule has 0 amide bonds. The van der Waals surface area contributed by atoms with Gasteiger partial charge in [0.05, 0.1) is 0 Å². The van der Waals surface area contributed by atoms with E-state index in [9.17, 15) is 0 Å². The molecule has 0 bridgehead atoms. The Morgan fingerprint density at radius 2 is 0.714 bits per heavy atom. The molecular formula is C42H26. The maximum Gasteiger partial charge on any atom is -0.00268 e. The van der Waals surface area contributed by atoms with Crippen LogP contribution in [0.5, 0.6) is 0 Å². The van der Waals surface area contributed by atoms with E-state index in [4.69, 9.17) is 0 Å². The SMILES string of the molecule is c1ccc2c(c1)cc(-c1ccc3cc(-c4ccc5c(ccc6ccc7ccccc7c65)c4)ccc3c1)c1ccccc12. The minimum Gasteiger partial charge on any atom is -0.0616 e. The van der Waals surface area contributed by atoms with Crippen molar-refractivity contribution in [3.63, 3.8) is 0 Å². The first kappa shape index (κ1) is 23.3. The predicted octanol–water partition coefficient (Wildman–Crippen LogP) is 11.9. The van der Waals surface area contributed by atoms with Crippen LogP contribution in [-0.2, 0) is 0 Å². The molecule has 42 heavy (non-hydrogen) atoms. The Bertz CT molecular complexity index is 2510. The fourth-order valence-electron chi connectivity index (χ4n) is 6.90. The number of rotatable bonds is 2. The van der Waals surface area contributed by atoms with Crippen molar-refractivity contribution >= 4 is 64.6 Å². The van der Waals surface area contributed by atoms with Crippen molar-refractivity contribution in [2.24, 2.45) is 0 Å². The van der Waals surface area contributed by atoms with Gasteiger partial charge in [-0.15, -0.1) is 0 Å². The Balaban J connectivity index is 1.16. The van der Waals surface area contributed by atoms with Crippen LogP contribution in [0.15, 0.2) is 158 Å². The van der Waals surface area contributed by atoms with Crippen molar-refractivity contribution in [3.8, 4) is 22.3 Å². The van der Waals surface area contributed by atoms with Crippen LogP contribution in [0, 0.1) is 0 Å². The summed E-state index contributed by atoms with van der Waals surface area (Å²) in [5.74, 6) is 0. The second-order valence-corrected chi connectivity index (χ2v) is 11.4. The smallest absolute Gasteiger partial charge is 0.00268 e. The topological polar surface area (TPSA) is 0 Å². The van der Waals surface area contributed by atoms with Gasteiger partial charge in [-0.2, -0.15) is 0 Å². The van der Waals surface area contributed by atoms with Gasteiger partial charge in [0.2, 0.25) is 0 Å². The van der Waals surface area contributed by atoms with Crippen molar-refractivity contribution < 1.29 is 0 Å². The molecule has 0 atom stereocenters. The first-order valence-corrected chi connectivity index (χ1v) is 14.6. The largest absolute Gasteiger partial charge is 0.0616 e. The molecule has 0 aliphatic carbocycles. The molecule has 0 heteroatoms. The highest BCUT2D eigenvalue weighted by molar-refractivity contribution is 6.20. The summed E-state index contributed by atoms with van der Waals surface area (Å²) >= 11 is 0. The van der Waals surface area contributed by atoms with E-state index in [2.05, 4.69) is 158 Å². The Morgan fingerprint density at radius 1 is 0.238 bits per heavy atom. The zero-order valence-corrected chi connectivity index (χ0v) is 23.0. The fourth-order valence-corrected chi connectivity index (χ4v) is 6.90. The molecule has 0 aromatic heterocycles. The molecule has 9 aromatic carbocycles. The third kappa shape index (κ3) is 3.56. The van der Waals surface area contributed by atoms with Crippen LogP contribution in [0.4, 0.5) is 0 Å². The molecular weight excluding hydrogens is 504 g/mol. The molecule has 0 heterocycles. The summed E-state index contributed by atoms with van der Waals surface area (Å²) in [5, 5.41) is 15.5. The summed E-state index contributed by atoms with van der Waals surface area (Å²) in [4.78, 5) is 0. The summed E-state index contributed by atoms with van der Waals surface area (Å²) in [6.45, 7) is 0. The van der Waals surface area contributed by atoms with Crippen molar-refractivity contribution in [3.05, 3.63) is 158 Å². The molecule has 0 spiro atoms. The van der Waals surface area contributed by atoms with Gasteiger partial charge in [0, 0.05) is 0 Å². The lowest BCUT2D eigenvalue weighted by molar-refractivity contribution is 1.67. The third-order valence-corrected chi connectivity index (χ3v) is 8.98. The normalized spacial score (nSPS) is 11.8. The third-order valence-electron chi connectivity index (χ3n) is 8.98. The molecule has 0 fully saturated rings. The molecule has 9 rings (SSSR count). The van der Waals surface area contributed by atoms with Crippen LogP contribution < -0.4 is 0 Å². The van der Waals surface area contributed by atoms with Crippen molar-refractivity contribution in [1.29, 1.82) is 0 Å². The van der Waals surface area contributed by atoms with E-state index in [0.717, 1.165) is 0 Å². The Hall–Kier alpha value is -5.46. The summed E-state index contributed by atoms with van der Waals surface area (Å²) in [6, 6.07) is 58.2. The molecule has 9 aromatic rings. The minimum absolute atomic E-state index is 1.24. The molecule has 0 unspecified atom stereocenters. The van der Waals surface area contributed by atoms with Crippen LogP contribution in [0.25, 0.3) is 86.9 Å². The molecule has 0 aliphatic rings. The van der Waals surface area contributed by atoms with Gasteiger partial charge >= 0.3 is 0 Å². The van der Waals surface area contributed by atoms with Crippen molar-refractivity contribution in [1.82, 2.24) is 0 Å². The van der Waals surface area contributed by atoms with Crippen LogP contribution in [0.2, 0.25) is 0 Å². The highest BCUT2D eigenvalue weighted by atomic mass is 14.1. The number of benzene rings is 9. The second kappa shape index (κ2) is 9.03. The second-order valence-electron chi connectivity index (χ2n) is 11.4. The standard InChI is InChI=1S/C42H26/c1-4-10-37-27(7-1)13-14-28-15-19-34-24-32(21-22-38(34)42(28)37)29-16-17-31-25-35(20-18-30(31)23-29)41-26-33-8-2-3-9-36(33)39-11-5-6-12-40(39)41/h1-26H. The van der Waals surface area contributed by atoms with E-state index in [1.807, 2.05) is 0 Å². The zero-order chi connectivity index (χ0) is 27.6. The van der Waals surface area contributed by atoms with Gasteiger partial charge in [0.1, 0.15) is 0 Å². The molecule has 0 nitrogen and oxygen atoms in total. The molecule has 0 aliphatic heterocycles. The predicted molar refractivity (Wildman–Crippen MR) is 182 cm³/mol. The number of hydrogen-bond donors (Lipinski definition) is 0. The van der Waals surface area contributed by atoms with E-state index >= 15 is 0 Å². The summed E-state index contributed by atoms with van der Waals surface area (Å²) in [7, 11) is 0. The van der Waals surface area contributed by atoms with E-state index in [0.29, 0.717) is 0 Å². The summed E-state index contributed by atoms with van der Waals surface area (Å²) in [5.41, 5.74) is 5.02. The lowest BCUT2D eigenvalue weighted by atomic mass is 9.91. The monoisotopic (exact) mass is 530 g/mol. The van der Waals surface area contributed by atoms with Gasteiger partial charge < -0.3 is 0 Å². The van der Waals surface area contributed by atoms with Crippen molar-refractivity contribution in [2.45, 2.75) is 0 Å². The molecule has 0 radical (unpaired) electrons. The number of fused-ring (bicyclic) bond motifs is 9. The van der Waals surface area contributed by atoms with E-state index in [1.54, 1.807) is 0 Å². The first-order chi connectivity index (χ1) is 20.8. The summed E-state index contributed by atoms with van der Waals surface area (Å²) in [6.07, 6.45) is 0. The zero-order valence-electron chi connectivity index (χ0n) is 23.0. The van der Waals surface area contributed by atoms with Gasteiger partial charge in [-0.1, -0.05) is 133 Å². The quantitative estimate of drug-likeness (QED) is 0.195. The van der Waals surface area contributed by atoms with E-state index in [1.165, 1.54) is 86.9 Å². The molecule has 0 saturated carbocycles. The van der Waals surface area contributed by atoms with Gasteiger partial charge in [-0.25, -0.2) is 0 Å². The molecule has 0 saturated heterocycles. The van der Waals surface area contributed by atoms with Crippen LogP contribution >= 0.6 is 0 Å². The Labute approximate surface area is 244 Å². The Kier molecular flexibility index (Phi) is 5.00. The first-order valence-electron chi connectivity index (χ1n) is 14.6. The van der Waals surface area contributed by atoms with Crippen molar-refractivity contribution in [2.75, 3.05) is 0 Å². The summed E-state index contributed by atoms with van der Waals surface area (Å²) < 4.78 is 0. The van der Waals surface area contributed by atoms with E-state index < -0.39 is 0 Å². The minimum atomic E-state index is 1.24. The molecule has 194 valence electrons. The fraction of sp³-hybridized carbons (Fsp3) is 0. The maximum absolute atomic E-state index is 2.34. The average Bonchev–Trinajstić information content (AvgIpc) is 3.07. The van der Waals surface area contributed by atoms with Gasteiger partial charge in [0.25, 0.3) is 0 Å². The van der Waals surface area contributed by atoms with Crippen LogP contribution in [0.1, 0.15) is 0 Å². The van der Waals surface area contributed by atoms with Gasteiger partial charge in [-0.3, -0.25) is 0 Å². The van der Waals surface area contributed by atoms with Gasteiger partial charge in [0.15, 0.2) is 0 Å². The Morgan fingerprint density at radius 3 is 1.52 bits per heavy atom. The number of hydrogen-bond acceptors (Lipinski definition) is 0. The van der Waals surface area contributed by atoms with E-state index in [-0.39, 0.29) is 0 Å². The average molecular weight is 531 g/mol. The lowest BCUT2D eigenvalue weighted by Crippen LogP contribution is -1.86.